The second-order valence-corrected chi connectivity index (χ2v) is 5.73. The molecule has 2 fully saturated rings. The fourth-order valence-electron chi connectivity index (χ4n) is 2.57. The number of hydrogen-bond acceptors (Lipinski definition) is 3. The number of benzene rings is 1. The van der Waals surface area contributed by atoms with Crippen LogP contribution in [0.15, 0.2) is 24.3 Å². The summed E-state index contributed by atoms with van der Waals surface area (Å²) in [6.45, 7) is 1.49. The first kappa shape index (κ1) is 14.1. The van der Waals surface area contributed by atoms with E-state index in [0.29, 0.717) is 18.9 Å². The largest absolute Gasteiger partial charge is 0.326 e. The first-order valence-corrected chi connectivity index (χ1v) is 7.66. The molecule has 2 N–H and O–H groups in total. The molecular weight excluding hydrogens is 266 g/mol. The molecule has 1 aromatic rings. The lowest BCUT2D eigenvalue weighted by Crippen LogP contribution is -2.24. The van der Waals surface area contributed by atoms with Gasteiger partial charge in [0.1, 0.15) is 0 Å². The third-order valence-corrected chi connectivity index (χ3v) is 3.88. The molecule has 2 aliphatic rings. The summed E-state index contributed by atoms with van der Waals surface area (Å²) in [5.74, 6) is 0.167. The van der Waals surface area contributed by atoms with E-state index in [1.54, 1.807) is 4.90 Å². The van der Waals surface area contributed by atoms with E-state index in [0.717, 1.165) is 30.9 Å². The van der Waals surface area contributed by atoms with E-state index >= 15 is 0 Å². The highest BCUT2D eigenvalue weighted by molar-refractivity contribution is 5.97. The van der Waals surface area contributed by atoms with Crippen LogP contribution in [0.25, 0.3) is 0 Å². The molecule has 1 heterocycles. The number of anilines is 2. The summed E-state index contributed by atoms with van der Waals surface area (Å²) in [6.07, 6.45) is 4.45. The molecular formula is C16H21N3O2. The summed E-state index contributed by atoms with van der Waals surface area (Å²) in [4.78, 5) is 25.4. The molecule has 1 saturated heterocycles. The SMILES string of the molecule is O=C(CCNC1CC1)Nc1cccc(N2CCCC2=O)c1. The van der Waals surface area contributed by atoms with E-state index in [9.17, 15) is 9.59 Å². The maximum Gasteiger partial charge on any atom is 0.227 e. The number of nitrogens with zero attached hydrogens (tertiary/aromatic N) is 1. The maximum atomic E-state index is 11.9. The number of nitrogens with one attached hydrogen (secondary N) is 2. The molecule has 1 saturated carbocycles. The Balaban J connectivity index is 1.54. The van der Waals surface area contributed by atoms with Gasteiger partial charge in [-0.25, -0.2) is 0 Å². The number of hydrogen-bond donors (Lipinski definition) is 2. The lowest BCUT2D eigenvalue weighted by atomic mass is 10.2. The molecule has 112 valence electrons. The van der Waals surface area contributed by atoms with Crippen LogP contribution >= 0.6 is 0 Å². The average molecular weight is 287 g/mol. The Hall–Kier alpha value is -1.88. The van der Waals surface area contributed by atoms with Crippen LogP contribution in [0.2, 0.25) is 0 Å². The van der Waals surface area contributed by atoms with Crippen molar-refractivity contribution >= 4 is 23.2 Å². The van der Waals surface area contributed by atoms with E-state index in [1.165, 1.54) is 12.8 Å². The molecule has 0 aromatic heterocycles. The van der Waals surface area contributed by atoms with Gasteiger partial charge in [-0.15, -0.1) is 0 Å². The van der Waals surface area contributed by atoms with Crippen LogP contribution in [0.5, 0.6) is 0 Å². The number of rotatable bonds is 6. The van der Waals surface area contributed by atoms with Gasteiger partial charge < -0.3 is 15.5 Å². The van der Waals surface area contributed by atoms with Crippen LogP contribution in [0.1, 0.15) is 32.1 Å². The van der Waals surface area contributed by atoms with Gasteiger partial charge in [0.05, 0.1) is 0 Å². The van der Waals surface area contributed by atoms with Crippen LogP contribution in [-0.4, -0.2) is 30.9 Å². The molecule has 1 aromatic carbocycles. The van der Waals surface area contributed by atoms with Crippen molar-refractivity contribution in [1.82, 2.24) is 5.32 Å². The Kier molecular flexibility index (Phi) is 4.20. The summed E-state index contributed by atoms with van der Waals surface area (Å²) in [5, 5.41) is 6.22. The van der Waals surface area contributed by atoms with Gasteiger partial charge in [-0.3, -0.25) is 9.59 Å². The topological polar surface area (TPSA) is 61.4 Å². The van der Waals surface area contributed by atoms with E-state index in [4.69, 9.17) is 0 Å². The number of amides is 2. The molecule has 5 heteroatoms. The summed E-state index contributed by atoms with van der Waals surface area (Å²) in [7, 11) is 0. The minimum atomic E-state index is 0.00745. The Labute approximate surface area is 124 Å². The monoisotopic (exact) mass is 287 g/mol. The first-order valence-electron chi connectivity index (χ1n) is 7.66. The molecule has 0 bridgehead atoms. The van der Waals surface area contributed by atoms with Crippen LogP contribution in [-0.2, 0) is 9.59 Å². The fraction of sp³-hybridized carbons (Fsp3) is 0.500. The van der Waals surface area contributed by atoms with Crippen LogP contribution < -0.4 is 15.5 Å². The van der Waals surface area contributed by atoms with Crippen molar-refractivity contribution in [2.24, 2.45) is 0 Å². The van der Waals surface area contributed by atoms with Crippen molar-refractivity contribution in [2.45, 2.75) is 38.1 Å². The van der Waals surface area contributed by atoms with Crippen molar-refractivity contribution in [3.63, 3.8) is 0 Å². The zero-order chi connectivity index (χ0) is 14.7. The molecule has 0 unspecified atom stereocenters. The van der Waals surface area contributed by atoms with Gasteiger partial charge in [0.15, 0.2) is 0 Å². The van der Waals surface area contributed by atoms with Gasteiger partial charge >= 0.3 is 0 Å². The van der Waals surface area contributed by atoms with Crippen LogP contribution in [0.4, 0.5) is 11.4 Å². The molecule has 5 nitrogen and oxygen atoms in total. The van der Waals surface area contributed by atoms with Crippen LogP contribution in [0, 0.1) is 0 Å². The molecule has 2 amide bonds. The highest BCUT2D eigenvalue weighted by Crippen LogP contribution is 2.24. The van der Waals surface area contributed by atoms with E-state index in [1.807, 2.05) is 24.3 Å². The zero-order valence-electron chi connectivity index (χ0n) is 12.1. The normalized spacial score (nSPS) is 18.1. The van der Waals surface area contributed by atoms with Gasteiger partial charge in [-0.05, 0) is 37.5 Å². The lowest BCUT2D eigenvalue weighted by Gasteiger charge is -2.16. The van der Waals surface area contributed by atoms with Crippen molar-refractivity contribution < 1.29 is 9.59 Å². The summed E-state index contributed by atoms with van der Waals surface area (Å²) in [6, 6.07) is 8.14. The number of carbonyl (C=O) groups is 2. The van der Waals surface area contributed by atoms with Crippen molar-refractivity contribution in [3.05, 3.63) is 24.3 Å². The second kappa shape index (κ2) is 6.26. The van der Waals surface area contributed by atoms with Crippen molar-refractivity contribution in [3.8, 4) is 0 Å². The van der Waals surface area contributed by atoms with E-state index < -0.39 is 0 Å². The third-order valence-electron chi connectivity index (χ3n) is 3.88. The Bertz CT molecular complexity index is 540. The Morgan fingerprint density at radius 2 is 2.19 bits per heavy atom. The Morgan fingerprint density at radius 1 is 1.33 bits per heavy atom. The quantitative estimate of drug-likeness (QED) is 0.840. The highest BCUT2D eigenvalue weighted by Gasteiger charge is 2.22. The minimum absolute atomic E-state index is 0.00745. The lowest BCUT2D eigenvalue weighted by molar-refractivity contribution is -0.117. The summed E-state index contributed by atoms with van der Waals surface area (Å²) in [5.41, 5.74) is 1.62. The minimum Gasteiger partial charge on any atom is -0.326 e. The van der Waals surface area contributed by atoms with Gasteiger partial charge in [0.25, 0.3) is 0 Å². The Morgan fingerprint density at radius 3 is 2.90 bits per heavy atom. The first-order chi connectivity index (χ1) is 10.2. The molecule has 21 heavy (non-hydrogen) atoms. The van der Waals surface area contributed by atoms with Crippen LogP contribution in [0.3, 0.4) is 0 Å². The number of carbonyl (C=O) groups excluding carboxylic acids is 2. The molecule has 1 aliphatic carbocycles. The third kappa shape index (κ3) is 3.82. The van der Waals surface area contributed by atoms with E-state index in [2.05, 4.69) is 10.6 Å². The van der Waals surface area contributed by atoms with Crippen molar-refractivity contribution in [2.75, 3.05) is 23.3 Å². The van der Waals surface area contributed by atoms with Crippen molar-refractivity contribution in [1.29, 1.82) is 0 Å². The van der Waals surface area contributed by atoms with Gasteiger partial charge in [-0.1, -0.05) is 6.07 Å². The predicted octanol–water partition coefficient (Wildman–Crippen LogP) is 1.89. The molecule has 0 radical (unpaired) electrons. The van der Waals surface area contributed by atoms with Gasteiger partial charge in [-0.2, -0.15) is 0 Å². The molecule has 0 spiro atoms. The van der Waals surface area contributed by atoms with Gasteiger partial charge in [0.2, 0.25) is 11.8 Å². The maximum absolute atomic E-state index is 11.9. The second-order valence-electron chi connectivity index (χ2n) is 5.73. The molecule has 0 atom stereocenters. The molecule has 3 rings (SSSR count). The average Bonchev–Trinajstić information content (AvgIpc) is 3.19. The highest BCUT2D eigenvalue weighted by atomic mass is 16.2. The molecule has 1 aliphatic heterocycles. The summed E-state index contributed by atoms with van der Waals surface area (Å²) >= 11 is 0. The van der Waals surface area contributed by atoms with Gasteiger partial charge in [0, 0.05) is 43.3 Å². The zero-order valence-corrected chi connectivity index (χ0v) is 12.1. The fourth-order valence-corrected chi connectivity index (χ4v) is 2.57. The standard InChI is InChI=1S/C16H21N3O2/c20-15(8-9-17-12-6-7-12)18-13-3-1-4-14(11-13)19-10-2-5-16(19)21/h1,3-4,11-12,17H,2,5-10H2,(H,18,20). The smallest absolute Gasteiger partial charge is 0.227 e. The van der Waals surface area contributed by atoms with E-state index in [-0.39, 0.29) is 11.8 Å². The predicted molar refractivity (Wildman–Crippen MR) is 82.3 cm³/mol. The summed E-state index contributed by atoms with van der Waals surface area (Å²) < 4.78 is 0.